The Hall–Kier alpha value is -1.92. The van der Waals surface area contributed by atoms with Crippen LogP contribution in [0.2, 0.25) is 0 Å². The number of carbonyl (C=O) groups excluding carboxylic acids is 1. The minimum absolute atomic E-state index is 0.0188. The number of methoxy groups -OCH3 is 2. The number of H-pyrrole nitrogens is 1. The number of pyridine rings is 1. The van der Waals surface area contributed by atoms with Gasteiger partial charge in [-0.25, -0.2) is 8.78 Å². The van der Waals surface area contributed by atoms with E-state index in [1.54, 1.807) is 0 Å². The predicted molar refractivity (Wildman–Crippen MR) is 54.3 cm³/mol. The van der Waals surface area contributed by atoms with Gasteiger partial charge in [0, 0.05) is 11.8 Å². The molecule has 0 atom stereocenters. The molecule has 5 nitrogen and oxygen atoms in total. The molecule has 7 heteroatoms. The molecular weight excluding hydrogens is 236 g/mol. The number of aromatic nitrogens is 1. The topological polar surface area (TPSA) is 68.4 Å². The number of esters is 1. The predicted octanol–water partition coefficient (Wildman–Crippen LogP) is 1.04. The summed E-state index contributed by atoms with van der Waals surface area (Å²) in [6.45, 7) is 0. The molecule has 17 heavy (non-hydrogen) atoms. The first-order valence-corrected chi connectivity index (χ1v) is 4.64. The lowest BCUT2D eigenvalue weighted by Crippen LogP contribution is -2.19. The number of hydrogen-bond acceptors (Lipinski definition) is 4. The molecule has 1 heterocycles. The van der Waals surface area contributed by atoms with Gasteiger partial charge in [-0.1, -0.05) is 0 Å². The molecule has 0 fully saturated rings. The summed E-state index contributed by atoms with van der Waals surface area (Å²) < 4.78 is 34.7. The van der Waals surface area contributed by atoms with E-state index in [-0.39, 0.29) is 11.3 Å². The number of ether oxygens (including phenoxy) is 2. The van der Waals surface area contributed by atoms with Gasteiger partial charge in [0.15, 0.2) is 0 Å². The van der Waals surface area contributed by atoms with Crippen molar-refractivity contribution in [2.45, 2.75) is 12.8 Å². The van der Waals surface area contributed by atoms with Crippen molar-refractivity contribution in [1.29, 1.82) is 0 Å². The molecule has 0 saturated heterocycles. The van der Waals surface area contributed by atoms with Gasteiger partial charge < -0.3 is 14.5 Å². The smallest absolute Gasteiger partial charge is 0.310 e. The number of halogens is 2. The second-order valence-electron chi connectivity index (χ2n) is 3.13. The van der Waals surface area contributed by atoms with Crippen LogP contribution in [-0.2, 0) is 16.0 Å². The van der Waals surface area contributed by atoms with Crippen molar-refractivity contribution in [2.24, 2.45) is 0 Å². The first kappa shape index (κ1) is 13.1. The second kappa shape index (κ2) is 5.42. The van der Waals surface area contributed by atoms with Gasteiger partial charge in [-0.05, 0) is 0 Å². The first-order chi connectivity index (χ1) is 8.01. The summed E-state index contributed by atoms with van der Waals surface area (Å²) in [5.74, 6) is -0.707. The van der Waals surface area contributed by atoms with Crippen LogP contribution in [-0.4, -0.2) is 25.2 Å². The van der Waals surface area contributed by atoms with Gasteiger partial charge in [-0.15, -0.1) is 0 Å². The summed E-state index contributed by atoms with van der Waals surface area (Å²) >= 11 is 0. The summed E-state index contributed by atoms with van der Waals surface area (Å²) in [6, 6.07) is 0. The molecule has 0 aliphatic rings. The van der Waals surface area contributed by atoms with Gasteiger partial charge in [0.05, 0.1) is 26.2 Å². The number of rotatable bonds is 4. The van der Waals surface area contributed by atoms with Crippen LogP contribution in [0.15, 0.2) is 11.0 Å². The Kier molecular flexibility index (Phi) is 4.19. The van der Waals surface area contributed by atoms with E-state index in [1.165, 1.54) is 7.11 Å². The summed E-state index contributed by atoms with van der Waals surface area (Å²) in [4.78, 5) is 24.5. The standard InChI is InChI=1S/C10H11F2NO4/c1-16-6-4-13-10(15)8(9(11)12)5(6)3-7(14)17-2/h4,9H,3H2,1-2H3,(H,13,15). The molecule has 94 valence electrons. The third-order valence-electron chi connectivity index (χ3n) is 2.19. The molecule has 1 N–H and O–H groups in total. The molecule has 1 rings (SSSR count). The van der Waals surface area contributed by atoms with Crippen LogP contribution in [0, 0.1) is 0 Å². The number of alkyl halides is 2. The van der Waals surface area contributed by atoms with Crippen LogP contribution < -0.4 is 10.3 Å². The van der Waals surface area contributed by atoms with E-state index >= 15 is 0 Å². The van der Waals surface area contributed by atoms with Gasteiger partial charge in [-0.2, -0.15) is 0 Å². The minimum atomic E-state index is -2.99. The highest BCUT2D eigenvalue weighted by molar-refractivity contribution is 5.74. The monoisotopic (exact) mass is 247 g/mol. The lowest BCUT2D eigenvalue weighted by molar-refractivity contribution is -0.139. The van der Waals surface area contributed by atoms with Crippen LogP contribution in [0.5, 0.6) is 5.75 Å². The van der Waals surface area contributed by atoms with E-state index in [4.69, 9.17) is 4.74 Å². The van der Waals surface area contributed by atoms with Crippen LogP contribution in [0.1, 0.15) is 17.6 Å². The summed E-state index contributed by atoms with van der Waals surface area (Å²) in [5.41, 5.74) is -1.87. The van der Waals surface area contributed by atoms with E-state index in [0.29, 0.717) is 0 Å². The fourth-order valence-corrected chi connectivity index (χ4v) is 1.38. The van der Waals surface area contributed by atoms with Crippen molar-refractivity contribution in [3.63, 3.8) is 0 Å². The number of hydrogen-bond donors (Lipinski definition) is 1. The quantitative estimate of drug-likeness (QED) is 0.807. The van der Waals surface area contributed by atoms with Crippen molar-refractivity contribution in [1.82, 2.24) is 4.98 Å². The van der Waals surface area contributed by atoms with Crippen molar-refractivity contribution < 1.29 is 23.0 Å². The van der Waals surface area contributed by atoms with Crippen LogP contribution in [0.3, 0.4) is 0 Å². The van der Waals surface area contributed by atoms with Gasteiger partial charge in [0.2, 0.25) is 0 Å². The van der Waals surface area contributed by atoms with Gasteiger partial charge in [-0.3, -0.25) is 9.59 Å². The molecule has 1 aromatic rings. The molecule has 0 aromatic carbocycles. The Labute approximate surface area is 95.4 Å². The fraction of sp³-hybridized carbons (Fsp3) is 0.400. The van der Waals surface area contributed by atoms with E-state index in [0.717, 1.165) is 13.3 Å². The van der Waals surface area contributed by atoms with Gasteiger partial charge >= 0.3 is 5.97 Å². The third kappa shape index (κ3) is 2.80. The maximum atomic E-state index is 12.7. The van der Waals surface area contributed by atoms with Gasteiger partial charge in [0.25, 0.3) is 12.0 Å². The van der Waals surface area contributed by atoms with Crippen LogP contribution >= 0.6 is 0 Å². The van der Waals surface area contributed by atoms with E-state index in [1.807, 2.05) is 0 Å². The fourth-order valence-electron chi connectivity index (χ4n) is 1.38. The average molecular weight is 247 g/mol. The molecule has 0 spiro atoms. The number of carbonyl (C=O) groups is 1. The van der Waals surface area contributed by atoms with Crippen LogP contribution in [0.4, 0.5) is 8.78 Å². The van der Waals surface area contributed by atoms with Crippen molar-refractivity contribution >= 4 is 5.97 Å². The van der Waals surface area contributed by atoms with Crippen molar-refractivity contribution in [3.8, 4) is 5.75 Å². The van der Waals surface area contributed by atoms with Crippen LogP contribution in [0.25, 0.3) is 0 Å². The highest BCUT2D eigenvalue weighted by Crippen LogP contribution is 2.26. The molecular formula is C10H11F2NO4. The minimum Gasteiger partial charge on any atom is -0.495 e. The molecule has 1 aromatic heterocycles. The normalized spacial score (nSPS) is 10.4. The molecule has 0 saturated carbocycles. The summed E-state index contributed by atoms with van der Waals surface area (Å²) in [5, 5.41) is 0. The summed E-state index contributed by atoms with van der Waals surface area (Å²) in [6.07, 6.45) is -2.30. The zero-order chi connectivity index (χ0) is 13.0. The molecule has 0 unspecified atom stereocenters. The molecule has 0 aliphatic heterocycles. The lowest BCUT2D eigenvalue weighted by atomic mass is 10.1. The van der Waals surface area contributed by atoms with E-state index in [9.17, 15) is 18.4 Å². The zero-order valence-electron chi connectivity index (χ0n) is 9.25. The Morgan fingerprint density at radius 3 is 2.59 bits per heavy atom. The zero-order valence-corrected chi connectivity index (χ0v) is 9.25. The highest BCUT2D eigenvalue weighted by Gasteiger charge is 2.23. The highest BCUT2D eigenvalue weighted by atomic mass is 19.3. The third-order valence-corrected chi connectivity index (χ3v) is 2.19. The molecule has 0 radical (unpaired) electrons. The number of aromatic amines is 1. The largest absolute Gasteiger partial charge is 0.495 e. The Balaban J connectivity index is 3.35. The molecule has 0 amide bonds. The SMILES string of the molecule is COC(=O)Cc1c(OC)c[nH]c(=O)c1C(F)F. The Morgan fingerprint density at radius 1 is 1.47 bits per heavy atom. The van der Waals surface area contributed by atoms with Crippen molar-refractivity contribution in [3.05, 3.63) is 27.7 Å². The lowest BCUT2D eigenvalue weighted by Gasteiger charge is -2.11. The van der Waals surface area contributed by atoms with E-state index in [2.05, 4.69) is 9.72 Å². The maximum absolute atomic E-state index is 12.7. The molecule has 0 bridgehead atoms. The first-order valence-electron chi connectivity index (χ1n) is 4.64. The van der Waals surface area contributed by atoms with Gasteiger partial charge in [0.1, 0.15) is 5.75 Å². The Bertz CT molecular complexity index is 470. The molecule has 0 aliphatic carbocycles. The van der Waals surface area contributed by atoms with Crippen molar-refractivity contribution in [2.75, 3.05) is 14.2 Å². The average Bonchev–Trinajstić information content (AvgIpc) is 2.28. The number of nitrogens with one attached hydrogen (secondary N) is 1. The Morgan fingerprint density at radius 2 is 2.12 bits per heavy atom. The van der Waals surface area contributed by atoms with E-state index < -0.39 is 29.9 Å². The summed E-state index contributed by atoms with van der Waals surface area (Å²) in [7, 11) is 2.38. The maximum Gasteiger partial charge on any atom is 0.310 e. The second-order valence-corrected chi connectivity index (χ2v) is 3.13.